The van der Waals surface area contributed by atoms with Crippen LogP contribution in [-0.2, 0) is 14.3 Å². The SMILES string of the molecule is CC(=O)NSc1ccc(NC=O)cc1.Cc1nc(-c2ccc(C3CCCN3C(=O)OC(C)(C)C)cc2)cnc1N. The van der Waals surface area contributed by atoms with Crippen molar-refractivity contribution < 1.29 is 19.1 Å². The first-order valence-electron chi connectivity index (χ1n) is 12.9. The van der Waals surface area contributed by atoms with Crippen molar-refractivity contribution in [2.75, 3.05) is 17.6 Å². The number of carbonyl (C=O) groups excluding carboxylic acids is 3. The number of rotatable bonds is 6. The van der Waals surface area contributed by atoms with E-state index < -0.39 is 5.60 Å². The van der Waals surface area contributed by atoms with Crippen molar-refractivity contribution in [2.24, 2.45) is 0 Å². The Balaban J connectivity index is 0.000000267. The van der Waals surface area contributed by atoms with Gasteiger partial charge in [-0.25, -0.2) is 14.8 Å². The van der Waals surface area contributed by atoms with Gasteiger partial charge in [0, 0.05) is 29.6 Å². The summed E-state index contributed by atoms with van der Waals surface area (Å²) in [5, 5.41) is 2.52. The molecule has 1 aliphatic heterocycles. The zero-order valence-electron chi connectivity index (χ0n) is 23.4. The van der Waals surface area contributed by atoms with E-state index in [1.54, 1.807) is 18.3 Å². The number of ether oxygens (including phenoxy) is 1. The molecule has 40 heavy (non-hydrogen) atoms. The first kappa shape index (κ1) is 30.4. The molecule has 1 fully saturated rings. The molecule has 4 rings (SSSR count). The predicted octanol–water partition coefficient (Wildman–Crippen LogP) is 5.50. The van der Waals surface area contributed by atoms with E-state index in [1.165, 1.54) is 18.9 Å². The summed E-state index contributed by atoms with van der Waals surface area (Å²) in [6, 6.07) is 15.3. The number of nitrogens with two attached hydrogens (primary N) is 1. The van der Waals surface area contributed by atoms with Crippen molar-refractivity contribution in [2.45, 2.75) is 64.0 Å². The number of hydrogen-bond acceptors (Lipinski definition) is 8. The molecular weight excluding hydrogens is 528 g/mol. The third-order valence-electron chi connectivity index (χ3n) is 5.85. The molecule has 212 valence electrons. The fraction of sp³-hybridized carbons (Fsp3) is 0.345. The Morgan fingerprint density at radius 2 is 1.80 bits per heavy atom. The molecule has 2 aromatic carbocycles. The summed E-state index contributed by atoms with van der Waals surface area (Å²) in [5.41, 5.74) is 9.58. The average molecular weight is 565 g/mol. The Bertz CT molecular complexity index is 1310. The maximum absolute atomic E-state index is 12.5. The van der Waals surface area contributed by atoms with E-state index in [-0.39, 0.29) is 18.0 Å². The minimum Gasteiger partial charge on any atom is -0.444 e. The highest BCUT2D eigenvalue weighted by Crippen LogP contribution is 2.34. The van der Waals surface area contributed by atoms with Crippen molar-refractivity contribution in [1.82, 2.24) is 19.6 Å². The molecule has 1 aromatic heterocycles. The quantitative estimate of drug-likeness (QED) is 0.263. The summed E-state index contributed by atoms with van der Waals surface area (Å²) in [7, 11) is 0. The van der Waals surface area contributed by atoms with Gasteiger partial charge in [-0.2, -0.15) is 0 Å². The molecule has 0 spiro atoms. The Labute approximate surface area is 239 Å². The summed E-state index contributed by atoms with van der Waals surface area (Å²) >= 11 is 1.24. The van der Waals surface area contributed by atoms with E-state index >= 15 is 0 Å². The summed E-state index contributed by atoms with van der Waals surface area (Å²) in [6.07, 6.45) is 3.98. The molecule has 3 amide bonds. The van der Waals surface area contributed by atoms with Gasteiger partial charge in [0.15, 0.2) is 0 Å². The van der Waals surface area contributed by atoms with Crippen LogP contribution < -0.4 is 15.8 Å². The molecule has 0 radical (unpaired) electrons. The maximum atomic E-state index is 12.5. The number of amides is 3. The monoisotopic (exact) mass is 564 g/mol. The molecule has 10 nitrogen and oxygen atoms in total. The highest BCUT2D eigenvalue weighted by molar-refractivity contribution is 7.98. The third-order valence-corrected chi connectivity index (χ3v) is 6.75. The minimum atomic E-state index is -0.486. The van der Waals surface area contributed by atoms with Crippen LogP contribution in [0.5, 0.6) is 0 Å². The third kappa shape index (κ3) is 8.98. The van der Waals surface area contributed by atoms with Gasteiger partial charge in [0.1, 0.15) is 11.4 Å². The van der Waals surface area contributed by atoms with Crippen molar-refractivity contribution in [1.29, 1.82) is 0 Å². The van der Waals surface area contributed by atoms with Crippen LogP contribution in [0.15, 0.2) is 59.6 Å². The van der Waals surface area contributed by atoms with E-state index in [4.69, 9.17) is 10.5 Å². The molecule has 0 bridgehead atoms. The van der Waals surface area contributed by atoms with E-state index in [0.717, 1.165) is 52.5 Å². The molecule has 4 N–H and O–H groups in total. The lowest BCUT2D eigenvalue weighted by atomic mass is 10.0. The van der Waals surface area contributed by atoms with Gasteiger partial charge < -0.3 is 20.7 Å². The summed E-state index contributed by atoms with van der Waals surface area (Å²) in [5.74, 6) is 0.356. The highest BCUT2D eigenvalue weighted by Gasteiger charge is 2.33. The first-order valence-corrected chi connectivity index (χ1v) is 13.7. The highest BCUT2D eigenvalue weighted by atomic mass is 32.2. The molecular formula is C29H36N6O4S. The number of aryl methyl sites for hydroxylation is 1. The molecule has 1 aliphatic rings. The molecule has 0 aliphatic carbocycles. The normalized spacial score (nSPS) is 14.5. The molecule has 1 unspecified atom stereocenters. The topological polar surface area (TPSA) is 140 Å². The number of nitrogen functional groups attached to an aromatic ring is 1. The van der Waals surface area contributed by atoms with Crippen LogP contribution in [-0.4, -0.2) is 45.4 Å². The summed E-state index contributed by atoms with van der Waals surface area (Å²) in [6.45, 7) is 9.69. The number of aromatic nitrogens is 2. The molecule has 11 heteroatoms. The lowest BCUT2D eigenvalue weighted by Crippen LogP contribution is -2.36. The number of nitrogens with zero attached hydrogens (tertiary/aromatic N) is 3. The Morgan fingerprint density at radius 1 is 1.12 bits per heavy atom. The molecule has 3 aromatic rings. The lowest BCUT2D eigenvalue weighted by molar-refractivity contribution is -0.117. The van der Waals surface area contributed by atoms with Crippen LogP contribution in [0.25, 0.3) is 11.3 Å². The van der Waals surface area contributed by atoms with Gasteiger partial charge in [0.2, 0.25) is 12.3 Å². The van der Waals surface area contributed by atoms with E-state index in [2.05, 4.69) is 32.1 Å². The van der Waals surface area contributed by atoms with E-state index in [9.17, 15) is 14.4 Å². The number of carbonyl (C=O) groups is 3. The Morgan fingerprint density at radius 3 is 2.38 bits per heavy atom. The zero-order chi connectivity index (χ0) is 29.3. The van der Waals surface area contributed by atoms with E-state index in [1.807, 2.05) is 56.9 Å². The van der Waals surface area contributed by atoms with E-state index in [0.29, 0.717) is 12.2 Å². The fourth-order valence-corrected chi connectivity index (χ4v) is 4.51. The molecule has 2 heterocycles. The van der Waals surface area contributed by atoms with Crippen molar-refractivity contribution in [3.8, 4) is 11.3 Å². The number of nitrogens with one attached hydrogen (secondary N) is 2. The second kappa shape index (κ2) is 13.8. The number of anilines is 2. The van der Waals surface area contributed by atoms with Crippen LogP contribution in [0.4, 0.5) is 16.3 Å². The number of benzene rings is 2. The van der Waals surface area contributed by atoms with Crippen molar-refractivity contribution in [3.63, 3.8) is 0 Å². The molecule has 1 atom stereocenters. The lowest BCUT2D eigenvalue weighted by Gasteiger charge is -2.29. The zero-order valence-corrected chi connectivity index (χ0v) is 24.2. The van der Waals surface area contributed by atoms with Crippen molar-refractivity contribution >= 4 is 41.9 Å². The van der Waals surface area contributed by atoms with Gasteiger partial charge >= 0.3 is 6.09 Å². The second-order valence-electron chi connectivity index (χ2n) is 10.2. The standard InChI is InChI=1S/C20H26N4O2.C9H10N2O2S/c1-13-18(21)22-12-16(23-13)14-7-9-15(10-8-14)17-6-5-11-24(17)19(25)26-20(2,3)4;1-7(13)11-14-9-4-2-8(3-5-9)10-6-12/h7-10,12,17H,5-6,11H2,1-4H3,(H2,21,22);2-6H,1H3,(H,10,12)(H,11,13). The van der Waals surface area contributed by atoms with Gasteiger partial charge in [0.25, 0.3) is 0 Å². The van der Waals surface area contributed by atoms with Gasteiger partial charge in [0.05, 0.1) is 23.6 Å². The van der Waals surface area contributed by atoms with Gasteiger partial charge in [-0.15, -0.1) is 0 Å². The van der Waals surface area contributed by atoms with Crippen LogP contribution in [0.1, 0.15) is 57.8 Å². The van der Waals surface area contributed by atoms with Crippen molar-refractivity contribution in [3.05, 3.63) is 66.0 Å². The van der Waals surface area contributed by atoms with Gasteiger partial charge in [-0.3, -0.25) is 14.3 Å². The maximum Gasteiger partial charge on any atom is 0.410 e. The van der Waals surface area contributed by atoms with Crippen LogP contribution in [0.2, 0.25) is 0 Å². The predicted molar refractivity (Wildman–Crippen MR) is 157 cm³/mol. The van der Waals surface area contributed by atoms with Crippen LogP contribution in [0, 0.1) is 6.92 Å². The van der Waals surface area contributed by atoms with Gasteiger partial charge in [-0.1, -0.05) is 24.3 Å². The number of hydrogen-bond donors (Lipinski definition) is 3. The minimum absolute atomic E-state index is 0.0538. The molecule has 1 saturated heterocycles. The van der Waals surface area contributed by atoms with Gasteiger partial charge in [-0.05, 0) is 82.3 Å². The Hall–Kier alpha value is -4.12. The average Bonchev–Trinajstić information content (AvgIpc) is 3.40. The first-order chi connectivity index (χ1) is 19.0. The second-order valence-corrected chi connectivity index (χ2v) is 11.1. The van der Waals surface area contributed by atoms with Crippen LogP contribution in [0.3, 0.4) is 0 Å². The molecule has 0 saturated carbocycles. The van der Waals surface area contributed by atoms with Crippen LogP contribution >= 0.6 is 11.9 Å². The largest absolute Gasteiger partial charge is 0.444 e. The summed E-state index contributed by atoms with van der Waals surface area (Å²) in [4.78, 5) is 44.6. The fourth-order valence-electron chi connectivity index (χ4n) is 3.98. The number of likely N-dealkylation sites (tertiary alicyclic amines) is 1. The Kier molecular flexibility index (Phi) is 10.5. The summed E-state index contributed by atoms with van der Waals surface area (Å²) < 4.78 is 8.15. The smallest absolute Gasteiger partial charge is 0.410 e.